The maximum Gasteiger partial charge on any atom is 0.251 e. The number of primary amides is 1. The summed E-state index contributed by atoms with van der Waals surface area (Å²) >= 11 is 0. The molecule has 0 radical (unpaired) electrons. The zero-order valence-corrected chi connectivity index (χ0v) is 8.73. The molecule has 1 unspecified atom stereocenters. The molecular formula is C11H11N3O2. The molecule has 0 aliphatic rings. The van der Waals surface area contributed by atoms with Crippen LogP contribution in [0.1, 0.15) is 22.8 Å². The third-order valence-corrected chi connectivity index (χ3v) is 2.03. The number of nitrogens with zero attached hydrogens (tertiary/aromatic N) is 1. The first-order valence-corrected chi connectivity index (χ1v) is 4.65. The van der Waals surface area contributed by atoms with Gasteiger partial charge in [0, 0.05) is 5.56 Å². The van der Waals surface area contributed by atoms with Gasteiger partial charge in [-0.2, -0.15) is 5.26 Å². The van der Waals surface area contributed by atoms with E-state index in [1.165, 1.54) is 13.0 Å². The van der Waals surface area contributed by atoms with Crippen molar-refractivity contribution in [3.63, 3.8) is 0 Å². The SMILES string of the molecule is CC(NC(=O)c1cccc(C#N)c1)C(N)=O. The molecule has 0 aliphatic carbocycles. The molecule has 5 nitrogen and oxygen atoms in total. The lowest BCUT2D eigenvalue weighted by Crippen LogP contribution is -2.42. The van der Waals surface area contributed by atoms with E-state index in [0.29, 0.717) is 11.1 Å². The zero-order valence-electron chi connectivity index (χ0n) is 8.73. The molecular weight excluding hydrogens is 206 g/mol. The number of hydrogen-bond donors (Lipinski definition) is 2. The van der Waals surface area contributed by atoms with Crippen LogP contribution in [-0.4, -0.2) is 17.9 Å². The van der Waals surface area contributed by atoms with Crippen LogP contribution in [0.5, 0.6) is 0 Å². The van der Waals surface area contributed by atoms with Gasteiger partial charge in [0.25, 0.3) is 5.91 Å². The van der Waals surface area contributed by atoms with Gasteiger partial charge in [-0.25, -0.2) is 0 Å². The van der Waals surface area contributed by atoms with Crippen LogP contribution in [0.3, 0.4) is 0 Å². The summed E-state index contributed by atoms with van der Waals surface area (Å²) in [5.74, 6) is -1.03. The van der Waals surface area contributed by atoms with Crippen LogP contribution in [0, 0.1) is 11.3 Å². The average Bonchev–Trinajstić information content (AvgIpc) is 2.28. The summed E-state index contributed by atoms with van der Waals surface area (Å²) in [6, 6.07) is 7.39. The van der Waals surface area contributed by atoms with Crippen molar-refractivity contribution in [2.45, 2.75) is 13.0 Å². The number of nitrogens with two attached hydrogens (primary N) is 1. The monoisotopic (exact) mass is 217 g/mol. The van der Waals surface area contributed by atoms with E-state index in [1.54, 1.807) is 18.2 Å². The van der Waals surface area contributed by atoms with Crippen LogP contribution in [-0.2, 0) is 4.79 Å². The van der Waals surface area contributed by atoms with Gasteiger partial charge in [0.15, 0.2) is 0 Å². The molecule has 0 saturated heterocycles. The standard InChI is InChI=1S/C11H11N3O2/c1-7(10(13)15)14-11(16)9-4-2-3-8(5-9)6-12/h2-5,7H,1H3,(H2,13,15)(H,14,16). The van der Waals surface area contributed by atoms with E-state index in [0.717, 1.165) is 0 Å². The highest BCUT2D eigenvalue weighted by Crippen LogP contribution is 2.04. The second-order valence-corrected chi connectivity index (χ2v) is 3.29. The summed E-state index contributed by atoms with van der Waals surface area (Å²) in [7, 11) is 0. The van der Waals surface area contributed by atoms with Crippen LogP contribution < -0.4 is 11.1 Å². The van der Waals surface area contributed by atoms with Crippen molar-refractivity contribution in [3.05, 3.63) is 35.4 Å². The summed E-state index contributed by atoms with van der Waals surface area (Å²) in [6.45, 7) is 1.49. The minimum Gasteiger partial charge on any atom is -0.368 e. The van der Waals surface area contributed by atoms with Crippen LogP contribution in [0.25, 0.3) is 0 Å². The van der Waals surface area contributed by atoms with Gasteiger partial charge in [0.2, 0.25) is 5.91 Å². The predicted molar refractivity (Wildman–Crippen MR) is 57.3 cm³/mol. The van der Waals surface area contributed by atoms with E-state index in [-0.39, 0.29) is 0 Å². The molecule has 5 heteroatoms. The zero-order chi connectivity index (χ0) is 12.1. The number of amides is 2. The number of carbonyl (C=O) groups excluding carboxylic acids is 2. The molecule has 0 aliphatic heterocycles. The van der Waals surface area contributed by atoms with Crippen molar-refractivity contribution in [2.75, 3.05) is 0 Å². The first-order valence-electron chi connectivity index (χ1n) is 4.65. The average molecular weight is 217 g/mol. The van der Waals surface area contributed by atoms with Crippen molar-refractivity contribution in [1.82, 2.24) is 5.32 Å². The second kappa shape index (κ2) is 4.94. The summed E-state index contributed by atoms with van der Waals surface area (Å²) in [4.78, 5) is 22.3. The quantitative estimate of drug-likeness (QED) is 0.754. The van der Waals surface area contributed by atoms with Gasteiger partial charge < -0.3 is 11.1 Å². The fourth-order valence-corrected chi connectivity index (χ4v) is 1.08. The van der Waals surface area contributed by atoms with Crippen LogP contribution >= 0.6 is 0 Å². The van der Waals surface area contributed by atoms with Gasteiger partial charge >= 0.3 is 0 Å². The molecule has 3 N–H and O–H groups in total. The van der Waals surface area contributed by atoms with E-state index in [2.05, 4.69) is 5.32 Å². The Hall–Kier alpha value is -2.35. The smallest absolute Gasteiger partial charge is 0.251 e. The van der Waals surface area contributed by atoms with Crippen molar-refractivity contribution in [2.24, 2.45) is 5.73 Å². The van der Waals surface area contributed by atoms with Gasteiger partial charge in [-0.15, -0.1) is 0 Å². The number of carbonyl (C=O) groups is 2. The number of hydrogen-bond acceptors (Lipinski definition) is 3. The largest absolute Gasteiger partial charge is 0.368 e. The Morgan fingerprint density at radius 3 is 2.75 bits per heavy atom. The maximum atomic E-state index is 11.6. The third-order valence-electron chi connectivity index (χ3n) is 2.03. The normalized spacial score (nSPS) is 11.2. The highest BCUT2D eigenvalue weighted by atomic mass is 16.2. The van der Waals surface area contributed by atoms with E-state index in [1.807, 2.05) is 6.07 Å². The van der Waals surface area contributed by atoms with Gasteiger partial charge in [-0.05, 0) is 25.1 Å². The van der Waals surface area contributed by atoms with Crippen LogP contribution in [0.15, 0.2) is 24.3 Å². The van der Waals surface area contributed by atoms with Gasteiger partial charge in [-0.1, -0.05) is 6.07 Å². The van der Waals surface area contributed by atoms with Gasteiger partial charge in [-0.3, -0.25) is 9.59 Å². The van der Waals surface area contributed by atoms with Crippen molar-refractivity contribution >= 4 is 11.8 Å². The number of nitriles is 1. The highest BCUT2D eigenvalue weighted by Gasteiger charge is 2.13. The molecule has 0 saturated carbocycles. The summed E-state index contributed by atoms with van der Waals surface area (Å²) in [5.41, 5.74) is 5.73. The number of benzene rings is 1. The highest BCUT2D eigenvalue weighted by molar-refractivity contribution is 5.97. The molecule has 0 bridgehead atoms. The van der Waals surface area contributed by atoms with Crippen molar-refractivity contribution in [1.29, 1.82) is 5.26 Å². The Bertz CT molecular complexity index is 463. The van der Waals surface area contributed by atoms with E-state index in [9.17, 15) is 9.59 Å². The van der Waals surface area contributed by atoms with Crippen molar-refractivity contribution in [3.8, 4) is 6.07 Å². The predicted octanol–water partition coefficient (Wildman–Crippen LogP) is 0.162. The molecule has 0 spiro atoms. The topological polar surface area (TPSA) is 96.0 Å². The molecule has 16 heavy (non-hydrogen) atoms. The maximum absolute atomic E-state index is 11.6. The number of rotatable bonds is 3. The Morgan fingerprint density at radius 1 is 1.50 bits per heavy atom. The van der Waals surface area contributed by atoms with E-state index < -0.39 is 17.9 Å². The minimum absolute atomic E-state index is 0.326. The second-order valence-electron chi connectivity index (χ2n) is 3.29. The minimum atomic E-state index is -0.738. The molecule has 1 aromatic rings. The third kappa shape index (κ3) is 2.82. The molecule has 0 heterocycles. The summed E-state index contributed by atoms with van der Waals surface area (Å²) in [6.07, 6.45) is 0. The Morgan fingerprint density at radius 2 is 2.19 bits per heavy atom. The summed E-state index contributed by atoms with van der Waals surface area (Å²) < 4.78 is 0. The lowest BCUT2D eigenvalue weighted by atomic mass is 10.1. The van der Waals surface area contributed by atoms with Crippen LogP contribution in [0.4, 0.5) is 0 Å². The Labute approximate surface area is 92.9 Å². The fraction of sp³-hybridized carbons (Fsp3) is 0.182. The first kappa shape index (κ1) is 11.7. The van der Waals surface area contributed by atoms with Gasteiger partial charge in [0.05, 0.1) is 11.6 Å². The molecule has 0 fully saturated rings. The lowest BCUT2D eigenvalue weighted by Gasteiger charge is -2.09. The molecule has 1 aromatic carbocycles. The summed E-state index contributed by atoms with van der Waals surface area (Å²) in [5, 5.41) is 11.1. The molecule has 0 aromatic heterocycles. The number of nitrogens with one attached hydrogen (secondary N) is 1. The molecule has 2 amide bonds. The van der Waals surface area contributed by atoms with Gasteiger partial charge in [0.1, 0.15) is 6.04 Å². The van der Waals surface area contributed by atoms with Crippen molar-refractivity contribution < 1.29 is 9.59 Å². The first-order chi connectivity index (χ1) is 7.54. The Balaban J connectivity index is 2.81. The molecule has 82 valence electrons. The molecule has 1 rings (SSSR count). The van der Waals surface area contributed by atoms with Crippen LogP contribution in [0.2, 0.25) is 0 Å². The fourth-order valence-electron chi connectivity index (χ4n) is 1.08. The lowest BCUT2D eigenvalue weighted by molar-refractivity contribution is -0.119. The Kier molecular flexibility index (Phi) is 3.62. The molecule has 1 atom stereocenters. The van der Waals surface area contributed by atoms with E-state index in [4.69, 9.17) is 11.0 Å². The van der Waals surface area contributed by atoms with E-state index >= 15 is 0 Å².